The van der Waals surface area contributed by atoms with E-state index in [2.05, 4.69) is 5.32 Å². The van der Waals surface area contributed by atoms with Crippen molar-refractivity contribution in [2.24, 2.45) is 0 Å². The number of ketones is 1. The van der Waals surface area contributed by atoms with Crippen molar-refractivity contribution in [2.45, 2.75) is 32.4 Å². The molecule has 0 aliphatic rings. The van der Waals surface area contributed by atoms with Gasteiger partial charge in [-0.2, -0.15) is 13.2 Å². The second-order valence-corrected chi connectivity index (χ2v) is 5.94. The van der Waals surface area contributed by atoms with Gasteiger partial charge >= 0.3 is 6.18 Å². The second-order valence-electron chi connectivity index (χ2n) is 5.94. The molecule has 0 bridgehead atoms. The van der Waals surface area contributed by atoms with E-state index >= 15 is 0 Å². The molecule has 0 fully saturated rings. The first-order valence-corrected chi connectivity index (χ1v) is 8.49. The number of nitrogens with one attached hydrogen (secondary N) is 1. The van der Waals surface area contributed by atoms with Gasteiger partial charge in [0.15, 0.2) is 5.78 Å². The predicted molar refractivity (Wildman–Crippen MR) is 92.4 cm³/mol. The van der Waals surface area contributed by atoms with E-state index in [-0.39, 0.29) is 37.6 Å². The zero-order chi connectivity index (χ0) is 19.6. The molecular formula is C18H25F3N2O3. The van der Waals surface area contributed by atoms with Crippen LogP contribution < -0.4 is 10.1 Å². The number of Topliss-reactive ketones (excluding diaryl/α,β-unsaturated/α-hetero) is 1. The van der Waals surface area contributed by atoms with Gasteiger partial charge in [-0.05, 0) is 51.2 Å². The van der Waals surface area contributed by atoms with Crippen molar-refractivity contribution in [2.75, 3.05) is 33.3 Å². The molecule has 1 amide bonds. The van der Waals surface area contributed by atoms with Crippen LogP contribution in [0.2, 0.25) is 0 Å². The summed E-state index contributed by atoms with van der Waals surface area (Å²) in [5, 5.41) is 2.61. The van der Waals surface area contributed by atoms with Gasteiger partial charge in [0.05, 0.1) is 13.2 Å². The Bertz CT molecular complexity index is 574. The Balaban J connectivity index is 2.22. The highest BCUT2D eigenvalue weighted by Crippen LogP contribution is 2.15. The number of halogens is 3. The summed E-state index contributed by atoms with van der Waals surface area (Å²) in [6.07, 6.45) is -3.69. The monoisotopic (exact) mass is 374 g/mol. The van der Waals surface area contributed by atoms with Gasteiger partial charge in [0.25, 0.3) is 0 Å². The van der Waals surface area contributed by atoms with Crippen LogP contribution >= 0.6 is 0 Å². The molecule has 0 aliphatic heterocycles. The number of amides is 1. The average molecular weight is 374 g/mol. The molecule has 5 nitrogen and oxygen atoms in total. The third-order valence-corrected chi connectivity index (χ3v) is 3.55. The van der Waals surface area contributed by atoms with E-state index < -0.39 is 12.7 Å². The number of ether oxygens (including phenoxy) is 1. The molecule has 1 N–H and O–H groups in total. The van der Waals surface area contributed by atoms with Gasteiger partial charge in [-0.25, -0.2) is 0 Å². The summed E-state index contributed by atoms with van der Waals surface area (Å²) in [5.41, 5.74) is 0.509. The van der Waals surface area contributed by atoms with Crippen LogP contribution in [0, 0.1) is 0 Å². The Hall–Kier alpha value is -2.09. The third-order valence-electron chi connectivity index (χ3n) is 3.55. The fraction of sp³-hybridized carbons (Fsp3) is 0.556. The molecule has 1 aromatic carbocycles. The highest BCUT2D eigenvalue weighted by atomic mass is 19.4. The Morgan fingerprint density at radius 3 is 2.38 bits per heavy atom. The number of carbonyl (C=O) groups excluding carboxylic acids is 2. The van der Waals surface area contributed by atoms with Gasteiger partial charge in [0, 0.05) is 24.9 Å². The number of benzene rings is 1. The van der Waals surface area contributed by atoms with E-state index in [1.54, 1.807) is 24.3 Å². The Morgan fingerprint density at radius 2 is 1.81 bits per heavy atom. The van der Waals surface area contributed by atoms with Crippen LogP contribution in [0.3, 0.4) is 0 Å². The smallest absolute Gasteiger partial charge is 0.401 e. The van der Waals surface area contributed by atoms with Gasteiger partial charge in [-0.3, -0.25) is 14.5 Å². The van der Waals surface area contributed by atoms with Crippen molar-refractivity contribution in [3.05, 3.63) is 29.8 Å². The van der Waals surface area contributed by atoms with Crippen LogP contribution in [-0.4, -0.2) is 56.1 Å². The summed E-state index contributed by atoms with van der Waals surface area (Å²) < 4.78 is 41.8. The molecule has 0 saturated carbocycles. The molecule has 0 radical (unpaired) electrons. The first-order chi connectivity index (χ1) is 12.2. The summed E-state index contributed by atoms with van der Waals surface area (Å²) in [7, 11) is 1.38. The SMILES string of the molecule is CCOc1ccc(C(=O)CCC(=O)NCCCN(C)CC(F)(F)F)cc1. The van der Waals surface area contributed by atoms with E-state index in [1.165, 1.54) is 7.05 Å². The molecule has 0 heterocycles. The molecule has 26 heavy (non-hydrogen) atoms. The lowest BCUT2D eigenvalue weighted by atomic mass is 10.1. The van der Waals surface area contributed by atoms with E-state index in [0.29, 0.717) is 24.3 Å². The highest BCUT2D eigenvalue weighted by Gasteiger charge is 2.28. The molecular weight excluding hydrogens is 349 g/mol. The van der Waals surface area contributed by atoms with Crippen LogP contribution in [0.4, 0.5) is 13.2 Å². The molecule has 0 aromatic heterocycles. The summed E-state index contributed by atoms with van der Waals surface area (Å²) in [5.74, 6) is 0.244. The zero-order valence-electron chi connectivity index (χ0n) is 15.1. The molecule has 146 valence electrons. The molecule has 0 aliphatic carbocycles. The lowest BCUT2D eigenvalue weighted by Gasteiger charge is -2.18. The maximum atomic E-state index is 12.2. The van der Waals surface area contributed by atoms with Crippen LogP contribution in [0.25, 0.3) is 0 Å². The molecule has 0 atom stereocenters. The van der Waals surface area contributed by atoms with E-state index in [4.69, 9.17) is 4.74 Å². The van der Waals surface area contributed by atoms with Crippen LogP contribution in [-0.2, 0) is 4.79 Å². The van der Waals surface area contributed by atoms with E-state index in [9.17, 15) is 22.8 Å². The van der Waals surface area contributed by atoms with Gasteiger partial charge in [-0.15, -0.1) is 0 Å². The predicted octanol–water partition coefficient (Wildman–Crippen LogP) is 3.05. The van der Waals surface area contributed by atoms with Crippen molar-refractivity contribution in [1.29, 1.82) is 0 Å². The maximum Gasteiger partial charge on any atom is 0.401 e. The minimum atomic E-state index is -4.22. The Kier molecular flexibility index (Phi) is 9.12. The lowest BCUT2D eigenvalue weighted by molar-refractivity contribution is -0.143. The van der Waals surface area contributed by atoms with Crippen LogP contribution in [0.1, 0.15) is 36.5 Å². The van der Waals surface area contributed by atoms with Crippen molar-refractivity contribution in [3.63, 3.8) is 0 Å². The zero-order valence-corrected chi connectivity index (χ0v) is 15.1. The summed E-state index contributed by atoms with van der Waals surface area (Å²) in [6, 6.07) is 6.71. The maximum absolute atomic E-state index is 12.2. The fourth-order valence-corrected chi connectivity index (χ4v) is 2.33. The average Bonchev–Trinajstić information content (AvgIpc) is 2.56. The molecule has 0 saturated heterocycles. The molecule has 1 aromatic rings. The first kappa shape index (κ1) is 22.0. The molecule has 1 rings (SSSR count). The van der Waals surface area contributed by atoms with E-state index in [1.807, 2.05) is 6.92 Å². The lowest BCUT2D eigenvalue weighted by Crippen LogP contribution is -2.33. The number of hydrogen-bond donors (Lipinski definition) is 1. The summed E-state index contributed by atoms with van der Waals surface area (Å²) in [6.45, 7) is 1.94. The first-order valence-electron chi connectivity index (χ1n) is 8.49. The number of alkyl halides is 3. The topological polar surface area (TPSA) is 58.6 Å². The van der Waals surface area contributed by atoms with Crippen molar-refractivity contribution in [1.82, 2.24) is 10.2 Å². The largest absolute Gasteiger partial charge is 0.494 e. The quantitative estimate of drug-likeness (QED) is 0.478. The van der Waals surface area contributed by atoms with Gasteiger partial charge < -0.3 is 10.1 Å². The van der Waals surface area contributed by atoms with Gasteiger partial charge in [-0.1, -0.05) is 0 Å². The summed E-state index contributed by atoms with van der Waals surface area (Å²) >= 11 is 0. The Morgan fingerprint density at radius 1 is 1.15 bits per heavy atom. The standard InChI is InChI=1S/C18H25F3N2O3/c1-3-26-15-7-5-14(6-8-15)16(24)9-10-17(25)22-11-4-12-23(2)13-18(19,20)21/h5-8H,3-4,9-13H2,1-2H3,(H,22,25). The molecule has 8 heteroatoms. The molecule has 0 unspecified atom stereocenters. The highest BCUT2D eigenvalue weighted by molar-refractivity contribution is 5.98. The minimum absolute atomic E-state index is 0.0461. The summed E-state index contributed by atoms with van der Waals surface area (Å²) in [4.78, 5) is 24.9. The normalized spacial score (nSPS) is 11.5. The van der Waals surface area contributed by atoms with Crippen LogP contribution in [0.15, 0.2) is 24.3 Å². The second kappa shape index (κ2) is 10.8. The van der Waals surface area contributed by atoms with Crippen LogP contribution in [0.5, 0.6) is 5.75 Å². The van der Waals surface area contributed by atoms with Crippen molar-refractivity contribution in [3.8, 4) is 5.75 Å². The third kappa shape index (κ3) is 9.41. The molecule has 0 spiro atoms. The Labute approximate surface area is 151 Å². The number of carbonyl (C=O) groups is 2. The number of rotatable bonds is 11. The number of hydrogen-bond acceptors (Lipinski definition) is 4. The van der Waals surface area contributed by atoms with Gasteiger partial charge in [0.1, 0.15) is 5.75 Å². The number of nitrogens with zero attached hydrogens (tertiary/aromatic N) is 1. The van der Waals surface area contributed by atoms with E-state index in [0.717, 1.165) is 4.90 Å². The fourth-order valence-electron chi connectivity index (χ4n) is 2.33. The van der Waals surface area contributed by atoms with Crippen molar-refractivity contribution >= 4 is 11.7 Å². The minimum Gasteiger partial charge on any atom is -0.494 e. The van der Waals surface area contributed by atoms with Crippen molar-refractivity contribution < 1.29 is 27.5 Å². The van der Waals surface area contributed by atoms with Gasteiger partial charge in [0.2, 0.25) is 5.91 Å².